The highest BCUT2D eigenvalue weighted by Gasteiger charge is 2.24. The first-order valence-electron chi connectivity index (χ1n) is 10.0. The Balaban J connectivity index is 1.32. The summed E-state index contributed by atoms with van der Waals surface area (Å²) in [6.07, 6.45) is 8.32. The molecule has 0 fully saturated rings. The molecule has 2 aromatic carbocycles. The molecule has 0 bridgehead atoms. The molecule has 0 saturated carbocycles. The molecule has 5 rings (SSSR count). The molecular weight excluding hydrogens is 384 g/mol. The Kier molecular flexibility index (Phi) is 4.88. The number of nitrogens with zero attached hydrogens (tertiary/aromatic N) is 4. The van der Waals surface area contributed by atoms with Gasteiger partial charge < -0.3 is 5.32 Å². The zero-order valence-electron chi connectivity index (χ0n) is 16.3. The molecule has 1 atom stereocenters. The lowest BCUT2D eigenvalue weighted by molar-refractivity contribution is 0.454. The SMILES string of the molecule is Fc1cc(F)cc(-n2ncc3c2CCC[C@H]3NCc2ccc(-n3cccn3)cc2)c1. The van der Waals surface area contributed by atoms with Crippen LogP contribution >= 0.6 is 0 Å². The molecule has 0 amide bonds. The van der Waals surface area contributed by atoms with Crippen LogP contribution in [-0.2, 0) is 13.0 Å². The zero-order chi connectivity index (χ0) is 20.5. The molecule has 4 aromatic rings. The van der Waals surface area contributed by atoms with Crippen LogP contribution in [0.15, 0.2) is 67.1 Å². The topological polar surface area (TPSA) is 47.7 Å². The van der Waals surface area contributed by atoms with Crippen LogP contribution < -0.4 is 5.32 Å². The highest BCUT2D eigenvalue weighted by atomic mass is 19.1. The minimum Gasteiger partial charge on any atom is -0.306 e. The van der Waals surface area contributed by atoms with Crippen molar-refractivity contribution in [3.8, 4) is 11.4 Å². The summed E-state index contributed by atoms with van der Waals surface area (Å²) in [6.45, 7) is 0.725. The molecule has 2 heterocycles. The zero-order valence-corrected chi connectivity index (χ0v) is 16.3. The molecule has 0 saturated heterocycles. The predicted molar refractivity (Wildman–Crippen MR) is 110 cm³/mol. The van der Waals surface area contributed by atoms with Crippen molar-refractivity contribution in [1.29, 1.82) is 0 Å². The van der Waals surface area contributed by atoms with Crippen LogP contribution in [0, 0.1) is 11.6 Å². The Bertz CT molecular complexity index is 1130. The molecule has 1 aliphatic rings. The number of nitrogens with one attached hydrogen (secondary N) is 1. The second-order valence-corrected chi connectivity index (χ2v) is 7.53. The van der Waals surface area contributed by atoms with Crippen molar-refractivity contribution in [3.05, 3.63) is 95.6 Å². The van der Waals surface area contributed by atoms with Gasteiger partial charge in [-0.1, -0.05) is 12.1 Å². The number of rotatable bonds is 5. The molecule has 2 aromatic heterocycles. The summed E-state index contributed by atoms with van der Waals surface area (Å²) < 4.78 is 30.8. The molecule has 0 radical (unpaired) electrons. The minimum absolute atomic E-state index is 0.159. The van der Waals surface area contributed by atoms with E-state index in [9.17, 15) is 8.78 Å². The third-order valence-electron chi connectivity index (χ3n) is 5.53. The average molecular weight is 405 g/mol. The van der Waals surface area contributed by atoms with E-state index in [2.05, 4.69) is 27.6 Å². The molecule has 7 heteroatoms. The summed E-state index contributed by atoms with van der Waals surface area (Å²) in [7, 11) is 0. The Morgan fingerprint density at radius 3 is 2.53 bits per heavy atom. The van der Waals surface area contributed by atoms with Gasteiger partial charge in [0.25, 0.3) is 0 Å². The van der Waals surface area contributed by atoms with Crippen molar-refractivity contribution in [3.63, 3.8) is 0 Å². The fourth-order valence-corrected chi connectivity index (χ4v) is 4.08. The average Bonchev–Trinajstić information content (AvgIpc) is 3.42. The van der Waals surface area contributed by atoms with Gasteiger partial charge >= 0.3 is 0 Å². The summed E-state index contributed by atoms with van der Waals surface area (Å²) in [5.41, 5.74) is 4.73. The van der Waals surface area contributed by atoms with Crippen molar-refractivity contribution in [2.75, 3.05) is 0 Å². The van der Waals surface area contributed by atoms with Crippen LogP contribution in [0.1, 0.15) is 35.7 Å². The van der Waals surface area contributed by atoms with Crippen LogP contribution in [0.2, 0.25) is 0 Å². The van der Waals surface area contributed by atoms with E-state index in [1.54, 1.807) is 10.9 Å². The first-order valence-corrected chi connectivity index (χ1v) is 10.0. The molecule has 152 valence electrons. The molecule has 0 unspecified atom stereocenters. The van der Waals surface area contributed by atoms with Crippen LogP contribution in [0.5, 0.6) is 0 Å². The van der Waals surface area contributed by atoms with Gasteiger partial charge in [0.15, 0.2) is 0 Å². The van der Waals surface area contributed by atoms with Crippen molar-refractivity contribution in [2.45, 2.75) is 31.8 Å². The van der Waals surface area contributed by atoms with E-state index in [-0.39, 0.29) is 6.04 Å². The van der Waals surface area contributed by atoms with Gasteiger partial charge in [-0.2, -0.15) is 10.2 Å². The van der Waals surface area contributed by atoms with E-state index >= 15 is 0 Å². The third-order valence-corrected chi connectivity index (χ3v) is 5.53. The van der Waals surface area contributed by atoms with Gasteiger partial charge in [-0.25, -0.2) is 18.1 Å². The Hall–Kier alpha value is -3.32. The first-order chi connectivity index (χ1) is 14.7. The van der Waals surface area contributed by atoms with Gasteiger partial charge in [0.05, 0.1) is 17.6 Å². The smallest absolute Gasteiger partial charge is 0.128 e. The number of hydrogen-bond acceptors (Lipinski definition) is 3. The Morgan fingerprint density at radius 1 is 1.00 bits per heavy atom. The third kappa shape index (κ3) is 3.64. The van der Waals surface area contributed by atoms with Gasteiger partial charge in [0.1, 0.15) is 11.6 Å². The maximum absolute atomic E-state index is 13.7. The summed E-state index contributed by atoms with van der Waals surface area (Å²) in [5, 5.41) is 12.3. The van der Waals surface area contributed by atoms with E-state index in [4.69, 9.17) is 0 Å². The Morgan fingerprint density at radius 2 is 1.80 bits per heavy atom. The summed E-state index contributed by atoms with van der Waals surface area (Å²) in [6, 6.07) is 13.8. The van der Waals surface area contributed by atoms with Gasteiger partial charge in [-0.15, -0.1) is 0 Å². The molecule has 1 aliphatic carbocycles. The number of hydrogen-bond donors (Lipinski definition) is 1. The van der Waals surface area contributed by atoms with Gasteiger partial charge in [0.2, 0.25) is 0 Å². The first kappa shape index (κ1) is 18.7. The predicted octanol–water partition coefficient (Wildman–Crippen LogP) is 4.50. The van der Waals surface area contributed by atoms with Crippen LogP contribution in [0.3, 0.4) is 0 Å². The van der Waals surface area contributed by atoms with Crippen molar-refractivity contribution in [1.82, 2.24) is 24.9 Å². The van der Waals surface area contributed by atoms with Crippen LogP contribution in [-0.4, -0.2) is 19.6 Å². The summed E-state index contributed by atoms with van der Waals surface area (Å²) >= 11 is 0. The second-order valence-electron chi connectivity index (χ2n) is 7.53. The van der Waals surface area contributed by atoms with Crippen molar-refractivity contribution in [2.24, 2.45) is 0 Å². The number of aromatic nitrogens is 4. The maximum atomic E-state index is 13.7. The number of fused-ring (bicyclic) bond motifs is 1. The molecule has 5 nitrogen and oxygen atoms in total. The lowest BCUT2D eigenvalue weighted by Gasteiger charge is -2.24. The fraction of sp³-hybridized carbons (Fsp3) is 0.217. The van der Waals surface area contributed by atoms with Gasteiger partial charge in [-0.3, -0.25) is 0 Å². The van der Waals surface area contributed by atoms with E-state index in [1.807, 2.05) is 35.3 Å². The van der Waals surface area contributed by atoms with Crippen LogP contribution in [0.25, 0.3) is 11.4 Å². The highest BCUT2D eigenvalue weighted by Crippen LogP contribution is 2.31. The van der Waals surface area contributed by atoms with E-state index in [1.165, 1.54) is 17.7 Å². The Labute approximate surface area is 173 Å². The fourth-order valence-electron chi connectivity index (χ4n) is 4.08. The summed E-state index contributed by atoms with van der Waals surface area (Å²) in [4.78, 5) is 0. The largest absolute Gasteiger partial charge is 0.306 e. The molecule has 0 spiro atoms. The van der Waals surface area contributed by atoms with Crippen LogP contribution in [0.4, 0.5) is 8.78 Å². The van der Waals surface area contributed by atoms with E-state index in [0.29, 0.717) is 5.69 Å². The molecule has 1 N–H and O–H groups in total. The van der Waals surface area contributed by atoms with Gasteiger partial charge in [-0.05, 0) is 55.2 Å². The number of benzene rings is 2. The monoisotopic (exact) mass is 405 g/mol. The second kappa shape index (κ2) is 7.84. The summed E-state index contributed by atoms with van der Waals surface area (Å²) in [5.74, 6) is -1.20. The van der Waals surface area contributed by atoms with Crippen molar-refractivity contribution >= 4 is 0 Å². The number of halogens is 2. The maximum Gasteiger partial charge on any atom is 0.128 e. The lowest BCUT2D eigenvalue weighted by atomic mass is 9.92. The van der Waals surface area contributed by atoms with E-state index < -0.39 is 11.6 Å². The normalized spacial score (nSPS) is 15.9. The minimum atomic E-state index is -0.599. The lowest BCUT2D eigenvalue weighted by Crippen LogP contribution is -2.25. The molecule has 0 aliphatic heterocycles. The quantitative estimate of drug-likeness (QED) is 0.532. The van der Waals surface area contributed by atoms with Crippen molar-refractivity contribution < 1.29 is 8.78 Å². The van der Waals surface area contributed by atoms with Gasteiger partial charge in [0, 0.05) is 42.3 Å². The highest BCUT2D eigenvalue weighted by molar-refractivity contribution is 5.38. The van der Waals surface area contributed by atoms with E-state index in [0.717, 1.165) is 48.8 Å². The molecular formula is C23H21F2N5. The standard InChI is InChI=1S/C23H21F2N5/c24-17-11-18(25)13-20(12-17)30-23-4-1-3-22(21(23)15-28-30)26-14-16-5-7-19(8-6-16)29-10-2-9-27-29/h2,5-13,15,22,26H,1,3-4,14H2/t22-/m1/s1. The molecule has 30 heavy (non-hydrogen) atoms.